The predicted octanol–water partition coefficient (Wildman–Crippen LogP) is 1.70. The maximum Gasteiger partial charge on any atom is 0.326 e. The second-order valence-corrected chi connectivity index (χ2v) is 4.48. The van der Waals surface area contributed by atoms with Crippen molar-refractivity contribution in [2.24, 2.45) is 5.92 Å². The summed E-state index contributed by atoms with van der Waals surface area (Å²) in [5, 5.41) is 11.5. The van der Waals surface area contributed by atoms with E-state index in [2.05, 4.69) is 11.9 Å². The van der Waals surface area contributed by atoms with Gasteiger partial charge in [0.05, 0.1) is 0 Å². The summed E-state index contributed by atoms with van der Waals surface area (Å²) in [6.45, 7) is 11.9. The van der Waals surface area contributed by atoms with Gasteiger partial charge in [0.2, 0.25) is 0 Å². The molecular formula is C12H22N2O3. The quantitative estimate of drug-likeness (QED) is 0.696. The lowest BCUT2D eigenvalue weighted by Gasteiger charge is -2.25. The Labute approximate surface area is 102 Å². The molecule has 0 radical (unpaired) electrons. The Hall–Kier alpha value is -1.52. The Kier molecular flexibility index (Phi) is 6.31. The number of nitrogens with one attached hydrogen (secondary N) is 1. The zero-order valence-electron chi connectivity index (χ0n) is 11.0. The van der Waals surface area contributed by atoms with E-state index in [4.69, 9.17) is 5.11 Å². The number of carbonyl (C=O) groups excluding carboxylic acids is 1. The maximum absolute atomic E-state index is 11.8. The van der Waals surface area contributed by atoms with E-state index in [1.165, 1.54) is 4.90 Å². The lowest BCUT2D eigenvalue weighted by molar-refractivity contribution is -0.140. The molecule has 2 amide bonds. The first-order valence-corrected chi connectivity index (χ1v) is 5.72. The number of amides is 2. The normalized spacial score (nSPS) is 12.1. The van der Waals surface area contributed by atoms with Gasteiger partial charge >= 0.3 is 12.0 Å². The SMILES string of the molecule is C=C(C)CN(CC)C(=O)NC(C(=O)O)C(C)C. The Morgan fingerprint density at radius 1 is 1.41 bits per heavy atom. The Morgan fingerprint density at radius 2 is 1.94 bits per heavy atom. The van der Waals surface area contributed by atoms with Crippen LogP contribution in [0.15, 0.2) is 12.2 Å². The number of nitrogens with zero attached hydrogens (tertiary/aromatic N) is 1. The second-order valence-electron chi connectivity index (χ2n) is 4.48. The minimum Gasteiger partial charge on any atom is -0.480 e. The van der Waals surface area contributed by atoms with Crippen LogP contribution < -0.4 is 5.32 Å². The number of hydrogen-bond donors (Lipinski definition) is 2. The third kappa shape index (κ3) is 5.38. The van der Waals surface area contributed by atoms with Crippen LogP contribution in [-0.2, 0) is 4.79 Å². The molecule has 0 aromatic rings. The van der Waals surface area contributed by atoms with E-state index in [1.54, 1.807) is 13.8 Å². The van der Waals surface area contributed by atoms with Gasteiger partial charge in [-0.25, -0.2) is 9.59 Å². The van der Waals surface area contributed by atoms with Crippen molar-refractivity contribution >= 4 is 12.0 Å². The molecule has 0 spiro atoms. The smallest absolute Gasteiger partial charge is 0.326 e. The highest BCUT2D eigenvalue weighted by Crippen LogP contribution is 2.04. The predicted molar refractivity (Wildman–Crippen MR) is 66.9 cm³/mol. The molecule has 0 aliphatic rings. The molecule has 17 heavy (non-hydrogen) atoms. The van der Waals surface area contributed by atoms with Crippen molar-refractivity contribution in [3.05, 3.63) is 12.2 Å². The van der Waals surface area contributed by atoms with Crippen LogP contribution in [-0.4, -0.2) is 41.1 Å². The van der Waals surface area contributed by atoms with Gasteiger partial charge in [0.1, 0.15) is 6.04 Å². The molecule has 0 bridgehead atoms. The summed E-state index contributed by atoms with van der Waals surface area (Å²) in [4.78, 5) is 24.3. The lowest BCUT2D eigenvalue weighted by atomic mass is 10.1. The molecule has 0 aliphatic heterocycles. The highest BCUT2D eigenvalue weighted by molar-refractivity contribution is 5.82. The van der Waals surface area contributed by atoms with Gasteiger partial charge in [-0.1, -0.05) is 26.0 Å². The van der Waals surface area contributed by atoms with Gasteiger partial charge in [-0.3, -0.25) is 0 Å². The molecule has 0 rings (SSSR count). The van der Waals surface area contributed by atoms with Gasteiger partial charge in [-0.05, 0) is 19.8 Å². The first-order chi connectivity index (χ1) is 7.79. The van der Waals surface area contributed by atoms with Gasteiger partial charge in [0.15, 0.2) is 0 Å². The van der Waals surface area contributed by atoms with Gasteiger partial charge in [-0.15, -0.1) is 0 Å². The van der Waals surface area contributed by atoms with Gasteiger partial charge in [0, 0.05) is 13.1 Å². The highest BCUT2D eigenvalue weighted by Gasteiger charge is 2.25. The molecule has 1 unspecified atom stereocenters. The van der Waals surface area contributed by atoms with Crippen molar-refractivity contribution in [1.82, 2.24) is 10.2 Å². The number of hydrogen-bond acceptors (Lipinski definition) is 2. The van der Waals surface area contributed by atoms with E-state index in [0.29, 0.717) is 13.1 Å². The molecular weight excluding hydrogens is 220 g/mol. The first-order valence-electron chi connectivity index (χ1n) is 5.72. The van der Waals surface area contributed by atoms with E-state index in [-0.39, 0.29) is 11.9 Å². The molecule has 5 nitrogen and oxygen atoms in total. The fourth-order valence-corrected chi connectivity index (χ4v) is 1.39. The molecule has 0 aromatic heterocycles. The van der Waals surface area contributed by atoms with Crippen LogP contribution in [0.4, 0.5) is 4.79 Å². The monoisotopic (exact) mass is 242 g/mol. The van der Waals surface area contributed by atoms with E-state index in [9.17, 15) is 9.59 Å². The molecule has 0 fully saturated rings. The molecule has 2 N–H and O–H groups in total. The Morgan fingerprint density at radius 3 is 2.24 bits per heavy atom. The number of carboxylic acid groups (broad SMARTS) is 1. The zero-order valence-corrected chi connectivity index (χ0v) is 11.0. The molecule has 98 valence electrons. The van der Waals surface area contributed by atoms with Crippen molar-refractivity contribution in [3.63, 3.8) is 0 Å². The van der Waals surface area contributed by atoms with Crippen molar-refractivity contribution in [2.75, 3.05) is 13.1 Å². The molecule has 0 saturated heterocycles. The van der Waals surface area contributed by atoms with Crippen LogP contribution in [0.2, 0.25) is 0 Å². The summed E-state index contributed by atoms with van der Waals surface area (Å²) < 4.78 is 0. The molecule has 0 aliphatic carbocycles. The number of carboxylic acids is 1. The van der Waals surface area contributed by atoms with Crippen LogP contribution in [0, 0.1) is 5.92 Å². The number of carbonyl (C=O) groups is 2. The van der Waals surface area contributed by atoms with Crippen LogP contribution in [0.5, 0.6) is 0 Å². The molecule has 0 aromatic carbocycles. The lowest BCUT2D eigenvalue weighted by Crippen LogP contribution is -2.50. The van der Waals surface area contributed by atoms with Gasteiger partial charge < -0.3 is 15.3 Å². The van der Waals surface area contributed by atoms with Gasteiger partial charge in [0.25, 0.3) is 0 Å². The van der Waals surface area contributed by atoms with Gasteiger partial charge in [-0.2, -0.15) is 0 Å². The summed E-state index contributed by atoms with van der Waals surface area (Å²) in [6.07, 6.45) is 0. The summed E-state index contributed by atoms with van der Waals surface area (Å²) >= 11 is 0. The summed E-state index contributed by atoms with van der Waals surface area (Å²) in [5.74, 6) is -1.17. The minimum atomic E-state index is -1.01. The standard InChI is InChI=1S/C12H22N2O3/c1-6-14(7-8(2)3)12(17)13-10(9(4)5)11(15)16/h9-10H,2,6-7H2,1,3-5H3,(H,13,17)(H,15,16). The highest BCUT2D eigenvalue weighted by atomic mass is 16.4. The summed E-state index contributed by atoms with van der Waals surface area (Å²) in [7, 11) is 0. The van der Waals surface area contributed by atoms with Crippen molar-refractivity contribution in [1.29, 1.82) is 0 Å². The van der Waals surface area contributed by atoms with Crippen molar-refractivity contribution < 1.29 is 14.7 Å². The van der Waals surface area contributed by atoms with Crippen LogP contribution >= 0.6 is 0 Å². The zero-order chi connectivity index (χ0) is 13.6. The number of likely N-dealkylation sites (N-methyl/N-ethyl adjacent to an activating group) is 1. The first kappa shape index (κ1) is 15.5. The summed E-state index contributed by atoms with van der Waals surface area (Å²) in [5.41, 5.74) is 0.860. The van der Waals surface area contributed by atoms with E-state index in [1.807, 2.05) is 13.8 Å². The van der Waals surface area contributed by atoms with E-state index in [0.717, 1.165) is 5.57 Å². The Balaban J connectivity index is 4.57. The number of urea groups is 1. The van der Waals surface area contributed by atoms with Crippen LogP contribution in [0.3, 0.4) is 0 Å². The number of aliphatic carboxylic acids is 1. The van der Waals surface area contributed by atoms with Crippen molar-refractivity contribution in [3.8, 4) is 0 Å². The van der Waals surface area contributed by atoms with Crippen LogP contribution in [0.1, 0.15) is 27.7 Å². The fraction of sp³-hybridized carbons (Fsp3) is 0.667. The largest absolute Gasteiger partial charge is 0.480 e. The molecule has 0 heterocycles. The molecule has 5 heteroatoms. The van der Waals surface area contributed by atoms with Crippen molar-refractivity contribution in [2.45, 2.75) is 33.7 Å². The van der Waals surface area contributed by atoms with Crippen LogP contribution in [0.25, 0.3) is 0 Å². The average Bonchev–Trinajstić information content (AvgIpc) is 2.20. The summed E-state index contributed by atoms with van der Waals surface area (Å²) in [6, 6.07) is -1.22. The fourth-order valence-electron chi connectivity index (χ4n) is 1.39. The van der Waals surface area contributed by atoms with E-state index < -0.39 is 12.0 Å². The van der Waals surface area contributed by atoms with E-state index >= 15 is 0 Å². The molecule has 0 saturated carbocycles. The third-order valence-corrected chi connectivity index (χ3v) is 2.34. The third-order valence-electron chi connectivity index (χ3n) is 2.34. The topological polar surface area (TPSA) is 69.6 Å². The molecule has 1 atom stereocenters. The Bertz CT molecular complexity index is 300. The average molecular weight is 242 g/mol. The number of rotatable bonds is 6. The maximum atomic E-state index is 11.8. The second kappa shape index (κ2) is 6.93. The minimum absolute atomic E-state index is 0.153.